The van der Waals surface area contributed by atoms with Crippen molar-refractivity contribution in [1.82, 2.24) is 9.88 Å². The first-order valence-corrected chi connectivity index (χ1v) is 11.3. The van der Waals surface area contributed by atoms with Gasteiger partial charge in [-0.1, -0.05) is 18.2 Å². The van der Waals surface area contributed by atoms with Crippen LogP contribution in [0.1, 0.15) is 22.7 Å². The fourth-order valence-corrected chi connectivity index (χ4v) is 4.38. The van der Waals surface area contributed by atoms with E-state index in [4.69, 9.17) is 9.47 Å². The van der Waals surface area contributed by atoms with E-state index in [9.17, 15) is 14.7 Å². The van der Waals surface area contributed by atoms with Crippen LogP contribution in [0.15, 0.2) is 72.6 Å². The molecule has 2 aliphatic heterocycles. The van der Waals surface area contributed by atoms with Crippen LogP contribution < -0.4 is 14.4 Å². The van der Waals surface area contributed by atoms with Crippen molar-refractivity contribution in [3.8, 4) is 11.5 Å². The number of amides is 1. The zero-order chi connectivity index (χ0) is 24.5. The van der Waals surface area contributed by atoms with E-state index in [1.165, 1.54) is 4.90 Å². The van der Waals surface area contributed by atoms with Gasteiger partial charge in [-0.25, -0.2) is 0 Å². The molecule has 3 heterocycles. The summed E-state index contributed by atoms with van der Waals surface area (Å²) in [4.78, 5) is 34.1. The highest BCUT2D eigenvalue weighted by molar-refractivity contribution is 6.46. The van der Waals surface area contributed by atoms with Crippen LogP contribution in [0.4, 0.5) is 5.69 Å². The van der Waals surface area contributed by atoms with Crippen molar-refractivity contribution in [1.29, 1.82) is 0 Å². The zero-order valence-corrected chi connectivity index (χ0v) is 19.5. The summed E-state index contributed by atoms with van der Waals surface area (Å²) in [5.41, 5.74) is 2.89. The van der Waals surface area contributed by atoms with Crippen LogP contribution in [0.25, 0.3) is 5.76 Å². The minimum Gasteiger partial charge on any atom is -0.507 e. The lowest BCUT2D eigenvalue weighted by Gasteiger charge is -2.26. The quantitative estimate of drug-likeness (QED) is 0.346. The summed E-state index contributed by atoms with van der Waals surface area (Å²) in [5, 5.41) is 11.3. The molecule has 0 radical (unpaired) electrons. The van der Waals surface area contributed by atoms with Crippen molar-refractivity contribution in [2.45, 2.75) is 12.6 Å². The SMILES string of the molecule is CN(C)c1ccc([C@H]2/C(=C(\O)c3ccc4c(c3)OCCO4)C(=O)C(=O)N2Cc2cccnc2)cc1. The molecule has 0 bridgehead atoms. The Hall–Kier alpha value is -4.33. The monoisotopic (exact) mass is 471 g/mol. The molecule has 8 heteroatoms. The van der Waals surface area contributed by atoms with E-state index in [0.717, 1.165) is 16.8 Å². The average Bonchev–Trinajstić information content (AvgIpc) is 3.13. The van der Waals surface area contributed by atoms with Gasteiger partial charge in [0.05, 0.1) is 11.6 Å². The highest BCUT2D eigenvalue weighted by atomic mass is 16.6. The third-order valence-electron chi connectivity index (χ3n) is 6.16. The highest BCUT2D eigenvalue weighted by Crippen LogP contribution is 2.42. The van der Waals surface area contributed by atoms with Crippen LogP contribution in [0.5, 0.6) is 11.5 Å². The molecular weight excluding hydrogens is 446 g/mol. The van der Waals surface area contributed by atoms with Gasteiger partial charge in [0.1, 0.15) is 19.0 Å². The number of aliphatic hydroxyl groups excluding tert-OH is 1. The summed E-state index contributed by atoms with van der Waals surface area (Å²) in [5.74, 6) is -0.606. The van der Waals surface area contributed by atoms with Crippen LogP contribution in [0.3, 0.4) is 0 Å². The second-order valence-electron chi connectivity index (χ2n) is 8.63. The number of carbonyl (C=O) groups is 2. The lowest BCUT2D eigenvalue weighted by Crippen LogP contribution is -2.29. The number of ketones is 1. The number of nitrogens with zero attached hydrogens (tertiary/aromatic N) is 3. The molecule has 178 valence electrons. The fourth-order valence-electron chi connectivity index (χ4n) is 4.38. The molecule has 35 heavy (non-hydrogen) atoms. The second kappa shape index (κ2) is 9.13. The standard InChI is InChI=1S/C27H25N3O5/c1-29(2)20-8-5-18(6-9-20)24-23(25(31)19-7-10-21-22(14-19)35-13-12-34-21)26(32)27(33)30(24)16-17-4-3-11-28-15-17/h3-11,14-15,24,31H,12-13,16H2,1-2H3/b25-23+/t24-/m0/s1. The van der Waals surface area contributed by atoms with Gasteiger partial charge in [0, 0.05) is 44.3 Å². The van der Waals surface area contributed by atoms with Crippen LogP contribution in [0.2, 0.25) is 0 Å². The number of carbonyl (C=O) groups excluding carboxylic acids is 2. The highest BCUT2D eigenvalue weighted by Gasteiger charge is 2.46. The normalized spacial score (nSPS) is 18.6. The van der Waals surface area contributed by atoms with Gasteiger partial charge in [0.25, 0.3) is 11.7 Å². The summed E-state index contributed by atoms with van der Waals surface area (Å²) in [6.07, 6.45) is 3.31. The van der Waals surface area contributed by atoms with Crippen molar-refractivity contribution < 1.29 is 24.2 Å². The predicted octanol–water partition coefficient (Wildman–Crippen LogP) is 3.54. The Kier molecular flexibility index (Phi) is 5.86. The van der Waals surface area contributed by atoms with E-state index in [1.54, 1.807) is 36.7 Å². The summed E-state index contributed by atoms with van der Waals surface area (Å²) in [7, 11) is 3.87. The van der Waals surface area contributed by atoms with Gasteiger partial charge in [0.15, 0.2) is 11.5 Å². The Morgan fingerprint density at radius 2 is 1.80 bits per heavy atom. The maximum absolute atomic E-state index is 13.3. The van der Waals surface area contributed by atoms with Crippen LogP contribution in [-0.4, -0.2) is 54.0 Å². The van der Waals surface area contributed by atoms with E-state index in [0.29, 0.717) is 30.3 Å². The van der Waals surface area contributed by atoms with E-state index >= 15 is 0 Å². The number of aliphatic hydroxyl groups is 1. The fraction of sp³-hybridized carbons (Fsp3) is 0.222. The summed E-state index contributed by atoms with van der Waals surface area (Å²) >= 11 is 0. The molecule has 0 unspecified atom stereocenters. The van der Waals surface area contributed by atoms with Crippen LogP contribution in [-0.2, 0) is 16.1 Å². The summed E-state index contributed by atoms with van der Waals surface area (Å²) < 4.78 is 11.2. The van der Waals surface area contributed by atoms with E-state index in [2.05, 4.69) is 4.98 Å². The number of benzene rings is 2. The number of pyridine rings is 1. The molecule has 3 aromatic rings. The van der Waals surface area contributed by atoms with Crippen molar-refractivity contribution in [2.75, 3.05) is 32.2 Å². The van der Waals surface area contributed by atoms with Gasteiger partial charge < -0.3 is 24.4 Å². The van der Waals surface area contributed by atoms with Gasteiger partial charge >= 0.3 is 0 Å². The Balaban J connectivity index is 1.62. The van der Waals surface area contributed by atoms with E-state index in [-0.39, 0.29) is 17.9 Å². The smallest absolute Gasteiger partial charge is 0.295 e. The summed E-state index contributed by atoms with van der Waals surface area (Å²) in [6.45, 7) is 1.02. The molecule has 5 rings (SSSR count). The molecular formula is C27H25N3O5. The predicted molar refractivity (Wildman–Crippen MR) is 130 cm³/mol. The van der Waals surface area contributed by atoms with Crippen molar-refractivity contribution in [3.63, 3.8) is 0 Å². The maximum Gasteiger partial charge on any atom is 0.295 e. The van der Waals surface area contributed by atoms with Gasteiger partial charge in [-0.05, 0) is 47.5 Å². The molecule has 1 fully saturated rings. The maximum atomic E-state index is 13.3. The molecule has 1 atom stereocenters. The van der Waals surface area contributed by atoms with Gasteiger partial charge in [-0.2, -0.15) is 0 Å². The number of Topliss-reactive ketones (excluding diaryl/α,β-unsaturated/α-hetero) is 1. The molecule has 8 nitrogen and oxygen atoms in total. The third kappa shape index (κ3) is 4.19. The third-order valence-corrected chi connectivity index (χ3v) is 6.16. The second-order valence-corrected chi connectivity index (χ2v) is 8.63. The molecule has 0 aliphatic carbocycles. The number of aromatic nitrogens is 1. The van der Waals surface area contributed by atoms with Gasteiger partial charge in [0.2, 0.25) is 0 Å². The van der Waals surface area contributed by atoms with Crippen LogP contribution >= 0.6 is 0 Å². The average molecular weight is 472 g/mol. The Morgan fingerprint density at radius 3 is 2.49 bits per heavy atom. The van der Waals surface area contributed by atoms with E-state index < -0.39 is 17.7 Å². The van der Waals surface area contributed by atoms with Crippen molar-refractivity contribution >= 4 is 23.1 Å². The van der Waals surface area contributed by atoms with E-state index in [1.807, 2.05) is 49.3 Å². The number of rotatable bonds is 5. The molecule has 0 spiro atoms. The van der Waals surface area contributed by atoms with Gasteiger partial charge in [-0.15, -0.1) is 0 Å². The minimum atomic E-state index is -0.764. The molecule has 1 N–H and O–H groups in total. The zero-order valence-electron chi connectivity index (χ0n) is 19.5. The Morgan fingerprint density at radius 1 is 1.06 bits per heavy atom. The first kappa shape index (κ1) is 22.5. The largest absolute Gasteiger partial charge is 0.507 e. The lowest BCUT2D eigenvalue weighted by molar-refractivity contribution is -0.140. The first-order valence-electron chi connectivity index (χ1n) is 11.3. The molecule has 2 aliphatic rings. The minimum absolute atomic E-state index is 0.0353. The Bertz CT molecular complexity index is 1300. The molecule has 0 saturated carbocycles. The lowest BCUT2D eigenvalue weighted by atomic mass is 9.94. The number of hydrogen-bond donors (Lipinski definition) is 1. The van der Waals surface area contributed by atoms with Crippen molar-refractivity contribution in [2.24, 2.45) is 0 Å². The molecule has 1 saturated heterocycles. The number of anilines is 1. The number of hydrogen-bond acceptors (Lipinski definition) is 7. The molecule has 1 aromatic heterocycles. The van der Waals surface area contributed by atoms with Crippen LogP contribution in [0, 0.1) is 0 Å². The number of ether oxygens (including phenoxy) is 2. The number of likely N-dealkylation sites (tertiary alicyclic amines) is 1. The number of fused-ring (bicyclic) bond motifs is 1. The molecule has 1 amide bonds. The topological polar surface area (TPSA) is 92.2 Å². The Labute approximate surface area is 203 Å². The first-order chi connectivity index (χ1) is 16.9. The van der Waals surface area contributed by atoms with Crippen molar-refractivity contribution in [3.05, 3.63) is 89.3 Å². The summed E-state index contributed by atoms with van der Waals surface area (Å²) in [6, 6.07) is 15.4. The molecule has 2 aromatic carbocycles. The van der Waals surface area contributed by atoms with Gasteiger partial charge in [-0.3, -0.25) is 14.6 Å².